The van der Waals surface area contributed by atoms with E-state index in [0.717, 1.165) is 0 Å². The average molecular weight is 268 g/mol. The van der Waals surface area contributed by atoms with Crippen molar-refractivity contribution in [2.45, 2.75) is 0 Å². The summed E-state index contributed by atoms with van der Waals surface area (Å²) < 4.78 is 0. The molecule has 0 aliphatic rings. The molecule has 0 unspecified atom stereocenters. The fraction of sp³-hybridized carbons (Fsp3) is 0. The Bertz CT molecular complexity index is 868. The molecule has 5 heteroatoms. The van der Waals surface area contributed by atoms with Crippen LogP contribution in [0.2, 0.25) is 0 Å². The highest BCUT2D eigenvalue weighted by Crippen LogP contribution is 2.22. The Morgan fingerprint density at radius 2 is 1.74 bits per heavy atom. The molecule has 0 spiro atoms. The number of aromatic nitrogens is 2. The van der Waals surface area contributed by atoms with Gasteiger partial charge in [-0.2, -0.15) is 5.26 Å². The molecule has 3 aromatic rings. The summed E-state index contributed by atoms with van der Waals surface area (Å²) in [4.78, 5) is 20.2. The molecule has 0 saturated heterocycles. The highest BCUT2D eigenvalue weighted by atomic mass is 35.5. The van der Waals surface area contributed by atoms with Crippen molar-refractivity contribution < 1.29 is 4.79 Å². The summed E-state index contributed by atoms with van der Waals surface area (Å²) in [6.45, 7) is 0. The lowest BCUT2D eigenvalue weighted by atomic mass is 10.1. The van der Waals surface area contributed by atoms with Crippen LogP contribution in [-0.4, -0.2) is 15.2 Å². The summed E-state index contributed by atoms with van der Waals surface area (Å²) >= 11 is 5.54. The van der Waals surface area contributed by atoms with E-state index in [9.17, 15) is 4.79 Å². The highest BCUT2D eigenvalue weighted by molar-refractivity contribution is 6.68. The number of hydrogen-bond donors (Lipinski definition) is 0. The lowest BCUT2D eigenvalue weighted by Crippen LogP contribution is -1.96. The van der Waals surface area contributed by atoms with Crippen LogP contribution in [0.5, 0.6) is 0 Å². The third kappa shape index (κ3) is 1.81. The number of rotatable bonds is 1. The number of benzene rings is 2. The predicted octanol–water partition coefficient (Wildman–Crippen LogP) is 3.03. The second-order valence-electron chi connectivity index (χ2n) is 3.96. The fourth-order valence-electron chi connectivity index (χ4n) is 1.97. The minimum absolute atomic E-state index is 0.293. The Labute approximate surface area is 113 Å². The van der Waals surface area contributed by atoms with Gasteiger partial charge in [-0.3, -0.25) is 4.79 Å². The van der Waals surface area contributed by atoms with E-state index in [0.29, 0.717) is 33.2 Å². The van der Waals surface area contributed by atoms with Gasteiger partial charge in [0.15, 0.2) is 0 Å². The van der Waals surface area contributed by atoms with Gasteiger partial charge in [-0.1, -0.05) is 12.1 Å². The normalized spacial score (nSPS) is 10.5. The van der Waals surface area contributed by atoms with E-state index >= 15 is 0 Å². The molecule has 19 heavy (non-hydrogen) atoms. The highest BCUT2D eigenvalue weighted by Gasteiger charge is 2.12. The Kier molecular flexibility index (Phi) is 2.62. The van der Waals surface area contributed by atoms with Gasteiger partial charge in [0.05, 0.1) is 22.2 Å². The first kappa shape index (κ1) is 11.6. The molecule has 0 bridgehead atoms. The topological polar surface area (TPSA) is 66.6 Å². The molecular weight excluding hydrogens is 262 g/mol. The van der Waals surface area contributed by atoms with Crippen LogP contribution in [0.4, 0.5) is 0 Å². The van der Waals surface area contributed by atoms with E-state index < -0.39 is 5.24 Å². The van der Waals surface area contributed by atoms with Gasteiger partial charge in [-0.25, -0.2) is 9.97 Å². The van der Waals surface area contributed by atoms with Crippen molar-refractivity contribution in [2.75, 3.05) is 0 Å². The molecule has 1 aromatic heterocycles. The van der Waals surface area contributed by atoms with E-state index in [4.69, 9.17) is 16.9 Å². The van der Waals surface area contributed by atoms with Crippen molar-refractivity contribution in [1.82, 2.24) is 9.97 Å². The molecule has 90 valence electrons. The van der Waals surface area contributed by atoms with Crippen LogP contribution in [-0.2, 0) is 0 Å². The van der Waals surface area contributed by atoms with Crippen molar-refractivity contribution in [3.05, 3.63) is 47.5 Å². The number of nitrogens with zero attached hydrogens (tertiary/aromatic N) is 3. The van der Waals surface area contributed by atoms with Gasteiger partial charge in [0.2, 0.25) is 0 Å². The van der Waals surface area contributed by atoms with Gasteiger partial charge < -0.3 is 0 Å². The first-order valence-corrected chi connectivity index (χ1v) is 5.88. The second kappa shape index (κ2) is 4.30. The zero-order chi connectivity index (χ0) is 13.4. The number of hydrogen-bond acceptors (Lipinski definition) is 4. The first-order chi connectivity index (χ1) is 9.20. The third-order valence-corrected chi connectivity index (χ3v) is 3.03. The lowest BCUT2D eigenvalue weighted by molar-refractivity contribution is 0.108. The van der Waals surface area contributed by atoms with Crippen LogP contribution in [0.15, 0.2) is 36.4 Å². The van der Waals surface area contributed by atoms with Crippen LogP contribution < -0.4 is 0 Å². The molecule has 0 saturated carbocycles. The van der Waals surface area contributed by atoms with Crippen LogP contribution in [0.25, 0.3) is 22.1 Å². The maximum atomic E-state index is 11.4. The minimum Gasteiger partial charge on any atom is -0.276 e. The van der Waals surface area contributed by atoms with Crippen molar-refractivity contribution in [3.8, 4) is 6.07 Å². The first-order valence-electron chi connectivity index (χ1n) is 5.50. The molecule has 0 aliphatic heterocycles. The summed E-state index contributed by atoms with van der Waals surface area (Å²) in [5.41, 5.74) is 2.80. The van der Waals surface area contributed by atoms with Crippen molar-refractivity contribution in [1.29, 1.82) is 5.26 Å². The lowest BCUT2D eigenvalue weighted by Gasteiger charge is -2.04. The second-order valence-corrected chi connectivity index (χ2v) is 4.30. The van der Waals surface area contributed by atoms with Crippen LogP contribution in [0, 0.1) is 11.3 Å². The Hall–Kier alpha value is -2.51. The van der Waals surface area contributed by atoms with Gasteiger partial charge in [-0.15, -0.1) is 0 Å². The molecule has 2 aromatic carbocycles. The van der Waals surface area contributed by atoms with E-state index in [1.807, 2.05) is 0 Å². The Morgan fingerprint density at radius 1 is 1.05 bits per heavy atom. The molecule has 3 rings (SSSR count). The minimum atomic E-state index is -0.589. The van der Waals surface area contributed by atoms with E-state index in [-0.39, 0.29) is 0 Å². The third-order valence-electron chi connectivity index (χ3n) is 2.83. The molecule has 0 atom stereocenters. The molecule has 0 N–H and O–H groups in total. The smallest absolute Gasteiger partial charge is 0.254 e. The number of para-hydroxylation sites is 2. The van der Waals surface area contributed by atoms with E-state index in [1.54, 1.807) is 36.4 Å². The maximum Gasteiger partial charge on any atom is 0.254 e. The molecule has 0 radical (unpaired) electrons. The zero-order valence-corrected chi connectivity index (χ0v) is 10.3. The standard InChI is InChI=1S/C14H6ClN3O/c15-14(19)9-4-2-6-11-13(9)18-12-8(7-16)3-1-5-10(12)17-11/h1-6H. The number of carbonyl (C=O) groups is 1. The number of fused-ring (bicyclic) bond motifs is 2. The summed E-state index contributed by atoms with van der Waals surface area (Å²) in [5, 5.41) is 8.49. The molecule has 4 nitrogen and oxygen atoms in total. The van der Waals surface area contributed by atoms with Gasteiger partial charge >= 0.3 is 0 Å². The van der Waals surface area contributed by atoms with Crippen molar-refractivity contribution in [3.63, 3.8) is 0 Å². The SMILES string of the molecule is N#Cc1cccc2nc3cccc(C(=O)Cl)c3nc12. The van der Waals surface area contributed by atoms with Crippen LogP contribution in [0.3, 0.4) is 0 Å². The fourth-order valence-corrected chi connectivity index (χ4v) is 2.12. The Balaban J connectivity index is 2.51. The predicted molar refractivity (Wildman–Crippen MR) is 71.9 cm³/mol. The molecule has 0 aliphatic carbocycles. The summed E-state index contributed by atoms with van der Waals surface area (Å²) in [7, 11) is 0. The number of carbonyl (C=O) groups excluding carboxylic acids is 1. The van der Waals surface area contributed by atoms with Crippen molar-refractivity contribution in [2.24, 2.45) is 0 Å². The summed E-state index contributed by atoms with van der Waals surface area (Å²) in [5.74, 6) is 0. The van der Waals surface area contributed by atoms with Gasteiger partial charge in [0.1, 0.15) is 17.1 Å². The Morgan fingerprint density at radius 3 is 2.42 bits per heavy atom. The molecular formula is C14H6ClN3O. The van der Waals surface area contributed by atoms with Gasteiger partial charge in [-0.05, 0) is 35.9 Å². The average Bonchev–Trinajstić information content (AvgIpc) is 2.43. The monoisotopic (exact) mass is 267 g/mol. The van der Waals surface area contributed by atoms with Crippen LogP contribution in [0.1, 0.15) is 15.9 Å². The van der Waals surface area contributed by atoms with E-state index in [2.05, 4.69) is 16.0 Å². The summed E-state index contributed by atoms with van der Waals surface area (Å²) in [6.07, 6.45) is 0. The van der Waals surface area contributed by atoms with Gasteiger partial charge in [0, 0.05) is 0 Å². The van der Waals surface area contributed by atoms with Crippen molar-refractivity contribution >= 4 is 38.9 Å². The molecule has 1 heterocycles. The zero-order valence-electron chi connectivity index (χ0n) is 9.59. The largest absolute Gasteiger partial charge is 0.276 e. The quantitative estimate of drug-likeness (QED) is 0.502. The van der Waals surface area contributed by atoms with E-state index in [1.165, 1.54) is 0 Å². The number of halogens is 1. The molecule has 0 amide bonds. The maximum absolute atomic E-state index is 11.4. The van der Waals surface area contributed by atoms with Crippen LogP contribution >= 0.6 is 11.6 Å². The molecule has 0 fully saturated rings. The van der Waals surface area contributed by atoms with Gasteiger partial charge in [0.25, 0.3) is 5.24 Å². The number of nitriles is 1. The summed E-state index contributed by atoms with van der Waals surface area (Å²) in [6, 6.07) is 12.3.